The van der Waals surface area contributed by atoms with Crippen molar-refractivity contribution in [2.45, 2.75) is 37.6 Å². The number of benzene rings is 2. The van der Waals surface area contributed by atoms with Crippen molar-refractivity contribution in [3.63, 3.8) is 0 Å². The number of rotatable bonds is 8. The fourth-order valence-electron chi connectivity index (χ4n) is 4.71. The Bertz CT molecular complexity index is 1540. The summed E-state index contributed by atoms with van der Waals surface area (Å²) >= 11 is 0. The number of sulfonamides is 1. The van der Waals surface area contributed by atoms with Crippen molar-refractivity contribution in [3.8, 4) is 22.9 Å². The van der Waals surface area contributed by atoms with E-state index in [1.165, 1.54) is 17.1 Å². The van der Waals surface area contributed by atoms with Crippen LogP contribution >= 0.6 is 0 Å². The summed E-state index contributed by atoms with van der Waals surface area (Å²) in [4.78, 5) is 11.3. The van der Waals surface area contributed by atoms with Gasteiger partial charge in [-0.1, -0.05) is 18.2 Å². The van der Waals surface area contributed by atoms with Gasteiger partial charge in [0.05, 0.1) is 11.9 Å². The van der Waals surface area contributed by atoms with Gasteiger partial charge in [0, 0.05) is 36.6 Å². The van der Waals surface area contributed by atoms with Crippen LogP contribution in [-0.4, -0.2) is 59.2 Å². The first-order chi connectivity index (χ1) is 18.7. The Labute approximate surface area is 229 Å². The first-order valence-electron chi connectivity index (χ1n) is 12.9. The van der Waals surface area contributed by atoms with Gasteiger partial charge in [-0.15, -0.1) is 0 Å². The van der Waals surface area contributed by atoms with Gasteiger partial charge >= 0.3 is 0 Å². The lowest BCUT2D eigenvalue weighted by atomic mass is 10.00. The van der Waals surface area contributed by atoms with E-state index in [0.29, 0.717) is 17.5 Å². The Morgan fingerprint density at radius 2 is 1.67 bits per heavy atom. The molecule has 1 aliphatic rings. The average molecular weight is 548 g/mol. The number of nitrogens with zero attached hydrogens (tertiary/aromatic N) is 5. The van der Waals surface area contributed by atoms with E-state index >= 15 is 0 Å². The minimum absolute atomic E-state index is 0.0150. The molecule has 2 aromatic heterocycles. The second-order valence-corrected chi connectivity index (χ2v) is 11.7. The van der Waals surface area contributed by atoms with E-state index in [1.807, 2.05) is 56.3 Å². The third kappa shape index (κ3) is 6.37. The lowest BCUT2D eigenvalue weighted by Crippen LogP contribution is -2.36. The van der Waals surface area contributed by atoms with Crippen LogP contribution in [0.15, 0.2) is 65.8 Å². The maximum atomic E-state index is 13.0. The van der Waals surface area contributed by atoms with Gasteiger partial charge in [0.1, 0.15) is 10.6 Å². The molecule has 4 aromatic rings. The molecular formula is C28H33N7O3S. The van der Waals surface area contributed by atoms with E-state index in [1.54, 1.807) is 13.1 Å². The van der Waals surface area contributed by atoms with Crippen LogP contribution < -0.4 is 14.8 Å². The zero-order valence-corrected chi connectivity index (χ0v) is 23.4. The average Bonchev–Trinajstić information content (AvgIpc) is 3.34. The van der Waals surface area contributed by atoms with Crippen molar-refractivity contribution in [1.82, 2.24) is 24.6 Å². The van der Waals surface area contributed by atoms with Gasteiger partial charge in [-0.3, -0.25) is 4.68 Å². The lowest BCUT2D eigenvalue weighted by molar-refractivity contribution is 0.264. The molecule has 1 saturated heterocycles. The zero-order chi connectivity index (χ0) is 27.6. The number of anilines is 2. The molecule has 0 amide bonds. The Balaban J connectivity index is 1.42. The fraction of sp³-hybridized carbons (Fsp3) is 0.321. The molecular weight excluding hydrogens is 514 g/mol. The van der Waals surface area contributed by atoms with Gasteiger partial charge in [-0.2, -0.15) is 10.1 Å². The van der Waals surface area contributed by atoms with Gasteiger partial charge < -0.3 is 15.0 Å². The molecule has 0 radical (unpaired) electrons. The van der Waals surface area contributed by atoms with E-state index < -0.39 is 10.0 Å². The number of likely N-dealkylation sites (tertiary alicyclic amines) is 1. The molecule has 1 fully saturated rings. The highest BCUT2D eigenvalue weighted by molar-refractivity contribution is 7.92. The molecule has 10 nitrogen and oxygen atoms in total. The van der Waals surface area contributed by atoms with Crippen LogP contribution in [0.4, 0.5) is 11.6 Å². The van der Waals surface area contributed by atoms with Crippen molar-refractivity contribution in [2.75, 3.05) is 30.2 Å². The van der Waals surface area contributed by atoms with Gasteiger partial charge in [0.15, 0.2) is 0 Å². The quantitative estimate of drug-likeness (QED) is 0.329. The Kier molecular flexibility index (Phi) is 7.53. The summed E-state index contributed by atoms with van der Waals surface area (Å²) in [6.07, 6.45) is 4.90. The highest BCUT2D eigenvalue weighted by atomic mass is 32.2. The third-order valence-electron chi connectivity index (χ3n) is 6.82. The van der Waals surface area contributed by atoms with Crippen LogP contribution in [-0.2, 0) is 17.1 Å². The van der Waals surface area contributed by atoms with Gasteiger partial charge in [-0.05, 0) is 82.2 Å². The Hall–Kier alpha value is -3.96. The van der Waals surface area contributed by atoms with Gasteiger partial charge in [0.25, 0.3) is 10.0 Å². The molecule has 204 valence electrons. The van der Waals surface area contributed by atoms with Crippen LogP contribution in [0.5, 0.6) is 11.6 Å². The van der Waals surface area contributed by atoms with Gasteiger partial charge in [-0.25, -0.2) is 18.1 Å². The second kappa shape index (κ2) is 11.0. The molecule has 2 aromatic carbocycles. The van der Waals surface area contributed by atoms with Crippen LogP contribution in [0.3, 0.4) is 0 Å². The van der Waals surface area contributed by atoms with E-state index in [0.717, 1.165) is 48.3 Å². The van der Waals surface area contributed by atoms with Crippen LogP contribution in [0.1, 0.15) is 24.0 Å². The standard InChI is InChI=1S/C28H33N7O3S/c1-19-6-5-7-20(2)27(19)25-16-26(32-28(31-25)33-39(36,37)24-17-29-35(4)18-24)38-23-10-8-21(9-11-23)30-22-12-14-34(3)15-13-22/h5-11,16-18,22,30H,12-15H2,1-4H3,(H,31,32,33). The van der Waals surface area contributed by atoms with E-state index in [-0.39, 0.29) is 16.7 Å². The molecule has 1 aliphatic heterocycles. The van der Waals surface area contributed by atoms with Crippen LogP contribution in [0.25, 0.3) is 11.3 Å². The summed E-state index contributed by atoms with van der Waals surface area (Å²) in [5, 5.41) is 7.55. The summed E-state index contributed by atoms with van der Waals surface area (Å²) in [6.45, 7) is 6.14. The maximum absolute atomic E-state index is 13.0. The lowest BCUT2D eigenvalue weighted by Gasteiger charge is -2.30. The number of aryl methyl sites for hydroxylation is 3. The molecule has 0 unspecified atom stereocenters. The summed E-state index contributed by atoms with van der Waals surface area (Å²) in [5.74, 6) is 0.716. The van der Waals surface area contributed by atoms with Crippen molar-refractivity contribution in [2.24, 2.45) is 7.05 Å². The summed E-state index contributed by atoms with van der Waals surface area (Å²) in [5.41, 5.74) is 4.49. The van der Waals surface area contributed by atoms with Crippen molar-refractivity contribution >= 4 is 21.7 Å². The van der Waals surface area contributed by atoms with Crippen molar-refractivity contribution in [3.05, 3.63) is 72.1 Å². The molecule has 0 atom stereocenters. The Morgan fingerprint density at radius 3 is 2.31 bits per heavy atom. The minimum Gasteiger partial charge on any atom is -0.439 e. The molecule has 0 bridgehead atoms. The molecule has 0 aliphatic carbocycles. The zero-order valence-electron chi connectivity index (χ0n) is 22.5. The largest absolute Gasteiger partial charge is 0.439 e. The predicted octanol–water partition coefficient (Wildman–Crippen LogP) is 4.59. The number of nitrogens with one attached hydrogen (secondary N) is 2. The smallest absolute Gasteiger partial charge is 0.267 e. The first kappa shape index (κ1) is 26.6. The van der Waals surface area contributed by atoms with Crippen LogP contribution in [0, 0.1) is 13.8 Å². The summed E-state index contributed by atoms with van der Waals surface area (Å²) < 4.78 is 36.0. The van der Waals surface area contributed by atoms with E-state index in [2.05, 4.69) is 37.1 Å². The molecule has 11 heteroatoms. The SMILES string of the molecule is Cc1cccc(C)c1-c1cc(Oc2ccc(NC3CCN(C)CC3)cc2)nc(NS(=O)(=O)c2cnn(C)c2)n1. The number of hydrogen-bond donors (Lipinski definition) is 2. The topological polar surface area (TPSA) is 114 Å². The van der Waals surface area contributed by atoms with E-state index in [4.69, 9.17) is 4.74 Å². The Morgan fingerprint density at radius 1 is 0.974 bits per heavy atom. The molecule has 2 N–H and O–H groups in total. The highest BCUT2D eigenvalue weighted by Gasteiger charge is 2.20. The summed E-state index contributed by atoms with van der Waals surface area (Å²) in [7, 11) is -0.150. The van der Waals surface area contributed by atoms with Gasteiger partial charge in [0.2, 0.25) is 11.8 Å². The highest BCUT2D eigenvalue weighted by Crippen LogP contribution is 2.31. The number of piperidine rings is 1. The van der Waals surface area contributed by atoms with E-state index in [9.17, 15) is 8.42 Å². The first-order valence-corrected chi connectivity index (χ1v) is 14.3. The van der Waals surface area contributed by atoms with Crippen molar-refractivity contribution < 1.29 is 13.2 Å². The predicted molar refractivity (Wildman–Crippen MR) is 152 cm³/mol. The minimum atomic E-state index is -3.95. The maximum Gasteiger partial charge on any atom is 0.267 e. The fourth-order valence-corrected chi connectivity index (χ4v) is 5.64. The normalized spacial score (nSPS) is 14.8. The number of aromatic nitrogens is 4. The molecule has 0 spiro atoms. The molecule has 39 heavy (non-hydrogen) atoms. The van der Waals surface area contributed by atoms with Crippen LogP contribution in [0.2, 0.25) is 0 Å². The number of hydrogen-bond acceptors (Lipinski definition) is 8. The molecule has 0 saturated carbocycles. The second-order valence-electron chi connectivity index (χ2n) is 9.99. The summed E-state index contributed by atoms with van der Waals surface area (Å²) in [6, 6.07) is 15.8. The van der Waals surface area contributed by atoms with Crippen molar-refractivity contribution in [1.29, 1.82) is 0 Å². The number of ether oxygens (including phenoxy) is 1. The third-order valence-corrected chi connectivity index (χ3v) is 8.11. The molecule has 5 rings (SSSR count). The monoisotopic (exact) mass is 547 g/mol. The molecule has 3 heterocycles.